The standard InChI is InChI=1S/C25H17N3/c1-3-7-17(8-4-1)19-11-13-21-23(15-19)28-24-16-20(18-9-5-2-6-10-18)12-14-22(24)27-25(28)26-21/h1-16H,(H,26,27). The number of aromatic nitrogens is 3. The van der Waals surface area contributed by atoms with E-state index < -0.39 is 0 Å². The van der Waals surface area contributed by atoms with Gasteiger partial charge in [0, 0.05) is 0 Å². The molecular weight excluding hydrogens is 342 g/mol. The van der Waals surface area contributed by atoms with Gasteiger partial charge in [0.2, 0.25) is 5.78 Å². The minimum absolute atomic E-state index is 0.875. The van der Waals surface area contributed by atoms with Crippen molar-refractivity contribution in [3.63, 3.8) is 0 Å². The summed E-state index contributed by atoms with van der Waals surface area (Å²) in [6, 6.07) is 34.0. The lowest BCUT2D eigenvalue weighted by atomic mass is 10.0. The first-order chi connectivity index (χ1) is 13.9. The van der Waals surface area contributed by atoms with Crippen molar-refractivity contribution in [3.05, 3.63) is 97.1 Å². The average Bonchev–Trinajstić information content (AvgIpc) is 3.30. The zero-order chi connectivity index (χ0) is 18.5. The van der Waals surface area contributed by atoms with Crippen LogP contribution in [0.25, 0.3) is 50.1 Å². The Kier molecular flexibility index (Phi) is 3.17. The third-order valence-corrected chi connectivity index (χ3v) is 5.35. The molecule has 0 aliphatic heterocycles. The van der Waals surface area contributed by atoms with Crippen molar-refractivity contribution in [1.82, 2.24) is 14.4 Å². The van der Waals surface area contributed by atoms with Crippen LogP contribution in [0.1, 0.15) is 0 Å². The molecule has 6 rings (SSSR count). The van der Waals surface area contributed by atoms with Gasteiger partial charge in [0.25, 0.3) is 0 Å². The maximum absolute atomic E-state index is 4.80. The molecule has 0 saturated carbocycles. The van der Waals surface area contributed by atoms with Gasteiger partial charge in [-0.3, -0.25) is 4.40 Å². The van der Waals surface area contributed by atoms with Crippen molar-refractivity contribution < 1.29 is 0 Å². The van der Waals surface area contributed by atoms with Crippen molar-refractivity contribution in [2.75, 3.05) is 0 Å². The Hall–Kier alpha value is -3.85. The quantitative estimate of drug-likeness (QED) is 0.386. The van der Waals surface area contributed by atoms with Gasteiger partial charge in [0.05, 0.1) is 22.1 Å². The van der Waals surface area contributed by atoms with Crippen LogP contribution in [-0.4, -0.2) is 14.4 Å². The fraction of sp³-hybridized carbons (Fsp3) is 0. The molecule has 6 aromatic rings. The van der Waals surface area contributed by atoms with Gasteiger partial charge in [0.1, 0.15) is 0 Å². The van der Waals surface area contributed by atoms with E-state index in [0.29, 0.717) is 0 Å². The summed E-state index contributed by atoms with van der Waals surface area (Å²) in [5.41, 5.74) is 9.18. The van der Waals surface area contributed by atoms with Gasteiger partial charge in [-0.15, -0.1) is 0 Å². The number of nitrogens with one attached hydrogen (secondary N) is 1. The van der Waals surface area contributed by atoms with Crippen LogP contribution in [0.15, 0.2) is 97.1 Å². The molecule has 0 aliphatic carbocycles. The van der Waals surface area contributed by atoms with Crippen LogP contribution in [0, 0.1) is 0 Å². The number of H-pyrrole nitrogens is 1. The second kappa shape index (κ2) is 5.83. The van der Waals surface area contributed by atoms with Crippen molar-refractivity contribution >= 4 is 27.8 Å². The van der Waals surface area contributed by atoms with E-state index in [4.69, 9.17) is 4.98 Å². The zero-order valence-corrected chi connectivity index (χ0v) is 15.1. The van der Waals surface area contributed by atoms with E-state index in [-0.39, 0.29) is 0 Å². The topological polar surface area (TPSA) is 33.1 Å². The van der Waals surface area contributed by atoms with Crippen molar-refractivity contribution in [2.45, 2.75) is 0 Å². The molecule has 3 nitrogen and oxygen atoms in total. The highest BCUT2D eigenvalue weighted by Gasteiger charge is 2.12. The first-order valence-corrected chi connectivity index (χ1v) is 9.42. The van der Waals surface area contributed by atoms with Crippen LogP contribution in [0.2, 0.25) is 0 Å². The number of aromatic amines is 1. The summed E-state index contributed by atoms with van der Waals surface area (Å²) in [6.45, 7) is 0. The minimum atomic E-state index is 0.875. The molecular formula is C25H17N3. The van der Waals surface area contributed by atoms with Crippen LogP contribution < -0.4 is 0 Å². The van der Waals surface area contributed by atoms with E-state index in [9.17, 15) is 0 Å². The first kappa shape index (κ1) is 15.2. The van der Waals surface area contributed by atoms with Gasteiger partial charge in [-0.2, -0.15) is 0 Å². The molecule has 2 heterocycles. The van der Waals surface area contributed by atoms with Gasteiger partial charge in [-0.1, -0.05) is 72.8 Å². The molecule has 0 amide bonds. The Morgan fingerprint density at radius 1 is 0.571 bits per heavy atom. The molecule has 0 radical (unpaired) electrons. The molecule has 3 heteroatoms. The molecule has 0 aliphatic rings. The molecule has 4 aromatic carbocycles. The molecule has 0 atom stereocenters. The van der Waals surface area contributed by atoms with Gasteiger partial charge in [0.15, 0.2) is 0 Å². The van der Waals surface area contributed by atoms with E-state index in [1.807, 2.05) is 12.1 Å². The maximum atomic E-state index is 4.80. The molecule has 132 valence electrons. The van der Waals surface area contributed by atoms with Crippen LogP contribution in [0.3, 0.4) is 0 Å². The van der Waals surface area contributed by atoms with E-state index in [0.717, 1.165) is 27.8 Å². The lowest BCUT2D eigenvalue weighted by molar-refractivity contribution is 1.28. The summed E-state index contributed by atoms with van der Waals surface area (Å²) in [6.07, 6.45) is 0. The Bertz CT molecular complexity index is 1330. The normalized spacial score (nSPS) is 11.6. The van der Waals surface area contributed by atoms with Crippen LogP contribution in [-0.2, 0) is 0 Å². The number of imidazole rings is 2. The minimum Gasteiger partial charge on any atom is -0.323 e. The third kappa shape index (κ3) is 2.26. The Balaban J connectivity index is 1.63. The first-order valence-electron chi connectivity index (χ1n) is 9.42. The van der Waals surface area contributed by atoms with E-state index in [1.54, 1.807) is 0 Å². The monoisotopic (exact) mass is 359 g/mol. The Morgan fingerprint density at radius 2 is 1.18 bits per heavy atom. The van der Waals surface area contributed by atoms with E-state index in [1.165, 1.54) is 22.3 Å². The van der Waals surface area contributed by atoms with E-state index >= 15 is 0 Å². The van der Waals surface area contributed by atoms with Gasteiger partial charge in [-0.05, 0) is 46.5 Å². The van der Waals surface area contributed by atoms with Crippen LogP contribution in [0.4, 0.5) is 0 Å². The van der Waals surface area contributed by atoms with Crippen molar-refractivity contribution in [3.8, 4) is 22.3 Å². The number of benzene rings is 4. The van der Waals surface area contributed by atoms with Gasteiger partial charge >= 0.3 is 0 Å². The summed E-state index contributed by atoms with van der Waals surface area (Å²) < 4.78 is 2.23. The van der Waals surface area contributed by atoms with E-state index in [2.05, 4.69) is 94.3 Å². The predicted octanol–water partition coefficient (Wildman–Crippen LogP) is 6.30. The van der Waals surface area contributed by atoms with Gasteiger partial charge < -0.3 is 4.98 Å². The summed E-state index contributed by atoms with van der Waals surface area (Å²) in [4.78, 5) is 8.25. The fourth-order valence-corrected chi connectivity index (χ4v) is 3.97. The van der Waals surface area contributed by atoms with Crippen molar-refractivity contribution in [1.29, 1.82) is 0 Å². The predicted molar refractivity (Wildman–Crippen MR) is 115 cm³/mol. The highest BCUT2D eigenvalue weighted by Crippen LogP contribution is 2.30. The highest BCUT2D eigenvalue weighted by molar-refractivity contribution is 5.93. The maximum Gasteiger partial charge on any atom is 0.213 e. The second-order valence-corrected chi connectivity index (χ2v) is 7.06. The number of fused-ring (bicyclic) bond motifs is 5. The van der Waals surface area contributed by atoms with Crippen molar-refractivity contribution in [2.24, 2.45) is 0 Å². The SMILES string of the molecule is c1ccc(-c2ccc3nc4[nH]c5ccc(-c6ccccc6)cc5n4c3c2)cc1. The highest BCUT2D eigenvalue weighted by atomic mass is 15.1. The number of hydrogen-bond donors (Lipinski definition) is 1. The molecule has 1 N–H and O–H groups in total. The van der Waals surface area contributed by atoms with Crippen LogP contribution in [0.5, 0.6) is 0 Å². The summed E-state index contributed by atoms with van der Waals surface area (Å²) in [7, 11) is 0. The zero-order valence-electron chi connectivity index (χ0n) is 15.1. The molecule has 0 unspecified atom stereocenters. The van der Waals surface area contributed by atoms with Crippen LogP contribution >= 0.6 is 0 Å². The number of hydrogen-bond acceptors (Lipinski definition) is 1. The molecule has 0 fully saturated rings. The number of nitrogens with zero attached hydrogens (tertiary/aromatic N) is 2. The largest absolute Gasteiger partial charge is 0.323 e. The molecule has 0 saturated heterocycles. The average molecular weight is 359 g/mol. The summed E-state index contributed by atoms with van der Waals surface area (Å²) >= 11 is 0. The number of rotatable bonds is 2. The Labute approximate surface area is 161 Å². The summed E-state index contributed by atoms with van der Waals surface area (Å²) in [5, 5.41) is 0. The fourth-order valence-electron chi connectivity index (χ4n) is 3.97. The van der Waals surface area contributed by atoms with Gasteiger partial charge in [-0.25, -0.2) is 4.98 Å². The lowest BCUT2D eigenvalue weighted by Crippen LogP contribution is -1.84. The third-order valence-electron chi connectivity index (χ3n) is 5.35. The molecule has 0 spiro atoms. The smallest absolute Gasteiger partial charge is 0.213 e. The summed E-state index contributed by atoms with van der Waals surface area (Å²) in [5.74, 6) is 0.875. The molecule has 0 bridgehead atoms. The molecule has 2 aromatic heterocycles. The Morgan fingerprint density at radius 3 is 1.86 bits per heavy atom. The molecule has 28 heavy (non-hydrogen) atoms. The lowest BCUT2D eigenvalue weighted by Gasteiger charge is -2.04. The second-order valence-electron chi connectivity index (χ2n) is 7.06.